The fourth-order valence-electron chi connectivity index (χ4n) is 2.35. The first kappa shape index (κ1) is 15.5. The van der Waals surface area contributed by atoms with Crippen molar-refractivity contribution in [1.29, 1.82) is 0 Å². The Kier molecular flexibility index (Phi) is 4.02. The van der Waals surface area contributed by atoms with Crippen LogP contribution >= 0.6 is 11.3 Å². The molecule has 0 saturated heterocycles. The van der Waals surface area contributed by atoms with Crippen molar-refractivity contribution in [2.45, 2.75) is 12.5 Å². The Morgan fingerprint density at radius 3 is 2.87 bits per heavy atom. The van der Waals surface area contributed by atoms with Crippen molar-refractivity contribution in [3.05, 3.63) is 68.8 Å². The van der Waals surface area contributed by atoms with Crippen LogP contribution < -0.4 is 10.9 Å². The van der Waals surface area contributed by atoms with Crippen molar-refractivity contribution in [3.63, 3.8) is 0 Å². The predicted octanol–water partition coefficient (Wildman–Crippen LogP) is 2.23. The fraction of sp³-hybridized carbons (Fsp3) is 0.176. The van der Waals surface area contributed by atoms with Gasteiger partial charge in [0.1, 0.15) is 11.3 Å². The lowest BCUT2D eigenvalue weighted by Gasteiger charge is -2.22. The Labute approximate surface area is 136 Å². The standard InChI is InChI=1S/C17H16N2O3S/c1-17(22,12-6-7-23-9-12)10-18-16(21)14-8-11-4-2-3-5-13(11)15(20)19-14/h2-9,22H,10H2,1H3,(H,18,21)(H,19,20)/t17-/m0/s1. The highest BCUT2D eigenvalue weighted by atomic mass is 32.1. The second-order valence-corrected chi connectivity index (χ2v) is 6.35. The maximum absolute atomic E-state index is 12.3. The van der Waals surface area contributed by atoms with Crippen LogP contribution in [0.15, 0.2) is 52.0 Å². The summed E-state index contributed by atoms with van der Waals surface area (Å²) in [5, 5.41) is 18.0. The summed E-state index contributed by atoms with van der Waals surface area (Å²) in [7, 11) is 0. The second kappa shape index (κ2) is 5.98. The minimum Gasteiger partial charge on any atom is -0.384 e. The van der Waals surface area contributed by atoms with Crippen LogP contribution in [-0.2, 0) is 5.60 Å². The number of amides is 1. The molecular weight excluding hydrogens is 312 g/mol. The van der Waals surface area contributed by atoms with Crippen LogP contribution in [0.3, 0.4) is 0 Å². The molecule has 0 spiro atoms. The number of carbonyl (C=O) groups excluding carboxylic acids is 1. The number of hydrogen-bond donors (Lipinski definition) is 3. The zero-order valence-electron chi connectivity index (χ0n) is 12.5. The smallest absolute Gasteiger partial charge is 0.267 e. The minimum atomic E-state index is -1.16. The monoisotopic (exact) mass is 328 g/mol. The third-order valence-corrected chi connectivity index (χ3v) is 4.42. The molecule has 0 bridgehead atoms. The van der Waals surface area contributed by atoms with Crippen LogP contribution in [0.1, 0.15) is 23.0 Å². The number of fused-ring (bicyclic) bond motifs is 1. The molecule has 0 unspecified atom stereocenters. The van der Waals surface area contributed by atoms with Crippen molar-refractivity contribution in [1.82, 2.24) is 10.3 Å². The van der Waals surface area contributed by atoms with Crippen LogP contribution in [0, 0.1) is 0 Å². The van der Waals surface area contributed by atoms with Gasteiger partial charge in [0.25, 0.3) is 11.5 Å². The summed E-state index contributed by atoms with van der Waals surface area (Å²) in [6, 6.07) is 10.5. The SMILES string of the molecule is C[C@](O)(CNC(=O)c1cc2ccccc2c(=O)[nH]1)c1ccsc1. The van der Waals surface area contributed by atoms with E-state index in [0.29, 0.717) is 10.8 Å². The summed E-state index contributed by atoms with van der Waals surface area (Å²) in [4.78, 5) is 26.8. The van der Waals surface area contributed by atoms with Gasteiger partial charge in [0.15, 0.2) is 0 Å². The van der Waals surface area contributed by atoms with Crippen molar-refractivity contribution < 1.29 is 9.90 Å². The Hall–Kier alpha value is -2.44. The van der Waals surface area contributed by atoms with Gasteiger partial charge in [-0.25, -0.2) is 0 Å². The summed E-state index contributed by atoms with van der Waals surface area (Å²) >= 11 is 1.48. The van der Waals surface area contributed by atoms with E-state index in [0.717, 1.165) is 5.56 Å². The van der Waals surface area contributed by atoms with Crippen LogP contribution in [0.2, 0.25) is 0 Å². The van der Waals surface area contributed by atoms with E-state index in [1.807, 2.05) is 22.9 Å². The topological polar surface area (TPSA) is 82.2 Å². The molecule has 0 fully saturated rings. The molecule has 23 heavy (non-hydrogen) atoms. The summed E-state index contributed by atoms with van der Waals surface area (Å²) in [5.74, 6) is -0.427. The first-order valence-corrected chi connectivity index (χ1v) is 8.07. The third kappa shape index (κ3) is 3.18. The molecule has 1 atom stereocenters. The number of hydrogen-bond acceptors (Lipinski definition) is 4. The molecule has 0 aliphatic carbocycles. The summed E-state index contributed by atoms with van der Waals surface area (Å²) < 4.78 is 0. The average Bonchev–Trinajstić information content (AvgIpc) is 3.08. The number of nitrogens with one attached hydrogen (secondary N) is 2. The van der Waals surface area contributed by atoms with Crippen molar-refractivity contribution >= 4 is 28.0 Å². The van der Waals surface area contributed by atoms with Crippen LogP contribution in [0.25, 0.3) is 10.8 Å². The highest BCUT2D eigenvalue weighted by Gasteiger charge is 2.24. The Morgan fingerprint density at radius 2 is 2.13 bits per heavy atom. The largest absolute Gasteiger partial charge is 0.384 e. The first-order valence-electron chi connectivity index (χ1n) is 7.13. The first-order chi connectivity index (χ1) is 11.0. The summed E-state index contributed by atoms with van der Waals surface area (Å²) in [6.07, 6.45) is 0. The number of carbonyl (C=O) groups is 1. The zero-order valence-corrected chi connectivity index (χ0v) is 13.3. The van der Waals surface area contributed by atoms with Gasteiger partial charge >= 0.3 is 0 Å². The second-order valence-electron chi connectivity index (χ2n) is 5.57. The molecule has 3 N–H and O–H groups in total. The maximum atomic E-state index is 12.3. The number of thiophene rings is 1. The summed E-state index contributed by atoms with van der Waals surface area (Å²) in [5.41, 5.74) is -0.547. The predicted molar refractivity (Wildman–Crippen MR) is 90.8 cm³/mol. The third-order valence-electron chi connectivity index (χ3n) is 3.73. The number of aliphatic hydroxyl groups is 1. The fourth-order valence-corrected chi connectivity index (χ4v) is 3.14. The minimum absolute atomic E-state index is 0.0530. The molecule has 2 aromatic heterocycles. The van der Waals surface area contributed by atoms with Crippen molar-refractivity contribution in [3.8, 4) is 0 Å². The van der Waals surface area contributed by atoms with Gasteiger partial charge in [-0.3, -0.25) is 9.59 Å². The van der Waals surface area contributed by atoms with Gasteiger partial charge in [-0.05, 0) is 46.8 Å². The van der Waals surface area contributed by atoms with Crippen molar-refractivity contribution in [2.24, 2.45) is 0 Å². The van der Waals surface area contributed by atoms with Crippen LogP contribution in [0.4, 0.5) is 0 Å². The highest BCUT2D eigenvalue weighted by Crippen LogP contribution is 2.22. The van der Waals surface area contributed by atoms with Gasteiger partial charge in [0.05, 0.1) is 6.54 Å². The van der Waals surface area contributed by atoms with E-state index < -0.39 is 11.5 Å². The van der Waals surface area contributed by atoms with E-state index in [9.17, 15) is 14.7 Å². The van der Waals surface area contributed by atoms with E-state index in [4.69, 9.17) is 0 Å². The van der Waals surface area contributed by atoms with Gasteiger partial charge in [0.2, 0.25) is 0 Å². The van der Waals surface area contributed by atoms with Gasteiger partial charge < -0.3 is 15.4 Å². The molecule has 6 heteroatoms. The molecule has 0 aliphatic rings. The van der Waals surface area contributed by atoms with Crippen LogP contribution in [0.5, 0.6) is 0 Å². The maximum Gasteiger partial charge on any atom is 0.267 e. The molecule has 2 heterocycles. The normalized spacial score (nSPS) is 13.7. The number of benzene rings is 1. The number of pyridine rings is 1. The average molecular weight is 328 g/mol. The van der Waals surface area contributed by atoms with E-state index >= 15 is 0 Å². The molecular formula is C17H16N2O3S. The van der Waals surface area contributed by atoms with E-state index in [2.05, 4.69) is 10.3 Å². The molecule has 0 radical (unpaired) electrons. The Balaban J connectivity index is 1.80. The lowest BCUT2D eigenvalue weighted by atomic mass is 9.99. The molecule has 0 saturated carbocycles. The Bertz CT molecular complexity index is 898. The number of aromatic amines is 1. The van der Waals surface area contributed by atoms with E-state index in [1.165, 1.54) is 11.3 Å². The molecule has 3 rings (SSSR count). The van der Waals surface area contributed by atoms with Gasteiger partial charge in [-0.1, -0.05) is 18.2 Å². The van der Waals surface area contributed by atoms with E-state index in [1.54, 1.807) is 31.2 Å². The van der Waals surface area contributed by atoms with E-state index in [-0.39, 0.29) is 17.8 Å². The van der Waals surface area contributed by atoms with Gasteiger partial charge in [-0.2, -0.15) is 11.3 Å². The Morgan fingerprint density at radius 1 is 1.35 bits per heavy atom. The van der Waals surface area contributed by atoms with Crippen LogP contribution in [-0.4, -0.2) is 22.5 Å². The molecule has 0 aliphatic heterocycles. The molecule has 3 aromatic rings. The van der Waals surface area contributed by atoms with Gasteiger partial charge in [0, 0.05) is 5.39 Å². The number of rotatable bonds is 4. The lowest BCUT2D eigenvalue weighted by Crippen LogP contribution is -2.39. The molecule has 1 amide bonds. The molecule has 1 aromatic carbocycles. The highest BCUT2D eigenvalue weighted by molar-refractivity contribution is 7.08. The zero-order chi connectivity index (χ0) is 16.4. The molecule has 5 nitrogen and oxygen atoms in total. The summed E-state index contributed by atoms with van der Waals surface area (Å²) in [6.45, 7) is 1.69. The lowest BCUT2D eigenvalue weighted by molar-refractivity contribution is 0.0528. The van der Waals surface area contributed by atoms with Gasteiger partial charge in [-0.15, -0.1) is 0 Å². The number of aromatic nitrogens is 1. The quantitative estimate of drug-likeness (QED) is 0.687. The molecule has 118 valence electrons. The van der Waals surface area contributed by atoms with Crippen molar-refractivity contribution in [2.75, 3.05) is 6.54 Å². The number of H-pyrrole nitrogens is 1.